The second kappa shape index (κ2) is 4.64. The Labute approximate surface area is 106 Å². The van der Waals surface area contributed by atoms with Gasteiger partial charge in [0.1, 0.15) is 6.33 Å². The number of H-pyrrole nitrogens is 2. The topological polar surface area (TPSA) is 125 Å². The summed E-state index contributed by atoms with van der Waals surface area (Å²) in [5.41, 5.74) is 1.34. The number of carbonyl (C=O) groups is 1. The molecule has 2 heterocycles. The highest BCUT2D eigenvalue weighted by Gasteiger charge is 2.10. The van der Waals surface area contributed by atoms with Crippen molar-refractivity contribution < 1.29 is 4.79 Å². The number of nitrogens with zero attached hydrogens (tertiary/aromatic N) is 5. The predicted octanol–water partition coefficient (Wildman–Crippen LogP) is 0.237. The molecule has 9 nitrogen and oxygen atoms in total. The maximum absolute atomic E-state index is 11.8. The van der Waals surface area contributed by atoms with Gasteiger partial charge in [-0.05, 0) is 17.3 Å². The van der Waals surface area contributed by atoms with E-state index in [1.54, 1.807) is 18.2 Å². The summed E-state index contributed by atoms with van der Waals surface area (Å²) in [6, 6.07) is 7.08. The zero-order valence-electron chi connectivity index (χ0n) is 9.53. The molecule has 3 rings (SSSR count). The fraction of sp³-hybridized carbons (Fsp3) is 0. The van der Waals surface area contributed by atoms with Crippen LogP contribution in [0, 0.1) is 0 Å². The molecule has 9 heteroatoms. The predicted molar refractivity (Wildman–Crippen MR) is 63.9 cm³/mol. The SMILES string of the molecule is O=C(Nc1cccc(-c2nn[nH]n2)c1)c1ncn[nH]1. The van der Waals surface area contributed by atoms with Gasteiger partial charge in [0.05, 0.1) is 0 Å². The van der Waals surface area contributed by atoms with Crippen LogP contribution in [0.4, 0.5) is 5.69 Å². The first-order chi connectivity index (χ1) is 9.33. The molecule has 3 aromatic rings. The highest BCUT2D eigenvalue weighted by molar-refractivity contribution is 6.01. The Bertz CT molecular complexity index is 675. The van der Waals surface area contributed by atoms with Crippen LogP contribution in [-0.4, -0.2) is 41.7 Å². The lowest BCUT2D eigenvalue weighted by Crippen LogP contribution is -2.13. The zero-order chi connectivity index (χ0) is 13.1. The number of aromatic amines is 2. The Morgan fingerprint density at radius 1 is 1.32 bits per heavy atom. The van der Waals surface area contributed by atoms with E-state index in [-0.39, 0.29) is 11.7 Å². The van der Waals surface area contributed by atoms with E-state index in [2.05, 4.69) is 41.1 Å². The maximum Gasteiger partial charge on any atom is 0.292 e. The van der Waals surface area contributed by atoms with E-state index in [1.165, 1.54) is 6.33 Å². The summed E-state index contributed by atoms with van der Waals surface area (Å²) in [7, 11) is 0. The van der Waals surface area contributed by atoms with Crippen LogP contribution in [0.5, 0.6) is 0 Å². The summed E-state index contributed by atoms with van der Waals surface area (Å²) in [5.74, 6) is 0.225. The number of carbonyl (C=O) groups excluding carboxylic acids is 1. The lowest BCUT2D eigenvalue weighted by atomic mass is 10.2. The molecular weight excluding hydrogens is 248 g/mol. The molecule has 0 bridgehead atoms. The summed E-state index contributed by atoms with van der Waals surface area (Å²) in [5, 5.41) is 22.4. The number of benzene rings is 1. The standard InChI is InChI=1S/C10H8N8O/c19-10(9-11-5-12-14-9)13-7-3-1-2-6(4-7)8-15-17-18-16-8/h1-5H,(H,13,19)(H,11,12,14)(H,15,16,17,18). The molecule has 3 N–H and O–H groups in total. The van der Waals surface area contributed by atoms with Crippen molar-refractivity contribution in [2.75, 3.05) is 5.32 Å². The molecule has 19 heavy (non-hydrogen) atoms. The molecule has 0 unspecified atom stereocenters. The fourth-order valence-corrected chi connectivity index (χ4v) is 1.53. The number of aromatic nitrogens is 7. The Kier molecular flexibility index (Phi) is 2.69. The van der Waals surface area contributed by atoms with Crippen LogP contribution in [0.2, 0.25) is 0 Å². The molecular formula is C10H8N8O. The van der Waals surface area contributed by atoms with Crippen LogP contribution in [0.25, 0.3) is 11.4 Å². The fourth-order valence-electron chi connectivity index (χ4n) is 1.53. The minimum atomic E-state index is -0.372. The van der Waals surface area contributed by atoms with E-state index in [0.29, 0.717) is 11.5 Å². The molecule has 0 aliphatic heterocycles. The van der Waals surface area contributed by atoms with E-state index >= 15 is 0 Å². The summed E-state index contributed by atoms with van der Waals surface area (Å²) in [6.07, 6.45) is 1.27. The molecule has 0 saturated carbocycles. The number of nitrogens with one attached hydrogen (secondary N) is 3. The lowest BCUT2D eigenvalue weighted by molar-refractivity contribution is 0.101. The highest BCUT2D eigenvalue weighted by Crippen LogP contribution is 2.18. The molecule has 1 aromatic carbocycles. The molecule has 0 aliphatic rings. The molecule has 0 spiro atoms. The number of anilines is 1. The Hall–Kier alpha value is -3.10. The Morgan fingerprint density at radius 2 is 2.26 bits per heavy atom. The van der Waals surface area contributed by atoms with Gasteiger partial charge in [-0.2, -0.15) is 10.3 Å². The van der Waals surface area contributed by atoms with Crippen molar-refractivity contribution in [1.29, 1.82) is 0 Å². The van der Waals surface area contributed by atoms with Gasteiger partial charge in [0, 0.05) is 11.3 Å². The average Bonchev–Trinajstić information content (AvgIpc) is 3.13. The number of tetrazole rings is 1. The van der Waals surface area contributed by atoms with E-state index in [1.807, 2.05) is 6.07 Å². The van der Waals surface area contributed by atoms with Gasteiger partial charge in [0.15, 0.2) is 0 Å². The van der Waals surface area contributed by atoms with Crippen molar-refractivity contribution in [1.82, 2.24) is 35.8 Å². The van der Waals surface area contributed by atoms with Crippen molar-refractivity contribution in [3.8, 4) is 11.4 Å². The van der Waals surface area contributed by atoms with E-state index < -0.39 is 0 Å². The summed E-state index contributed by atoms with van der Waals surface area (Å²) in [6.45, 7) is 0. The molecule has 0 fully saturated rings. The molecule has 1 amide bonds. The molecule has 0 aliphatic carbocycles. The van der Waals surface area contributed by atoms with Crippen LogP contribution in [0.15, 0.2) is 30.6 Å². The maximum atomic E-state index is 11.8. The van der Waals surface area contributed by atoms with E-state index in [4.69, 9.17) is 0 Å². The molecule has 94 valence electrons. The van der Waals surface area contributed by atoms with Crippen molar-refractivity contribution in [3.05, 3.63) is 36.4 Å². The summed E-state index contributed by atoms with van der Waals surface area (Å²) in [4.78, 5) is 15.5. The zero-order valence-corrected chi connectivity index (χ0v) is 9.53. The molecule has 2 aromatic heterocycles. The number of hydrogen-bond acceptors (Lipinski definition) is 6. The van der Waals surface area contributed by atoms with Crippen molar-refractivity contribution in [2.24, 2.45) is 0 Å². The number of rotatable bonds is 3. The summed E-state index contributed by atoms with van der Waals surface area (Å²) >= 11 is 0. The first-order valence-electron chi connectivity index (χ1n) is 5.33. The first kappa shape index (κ1) is 11.0. The largest absolute Gasteiger partial charge is 0.319 e. The van der Waals surface area contributed by atoms with Gasteiger partial charge in [-0.1, -0.05) is 12.1 Å². The second-order valence-corrected chi connectivity index (χ2v) is 3.60. The third-order valence-electron chi connectivity index (χ3n) is 2.35. The normalized spacial score (nSPS) is 10.3. The third kappa shape index (κ3) is 2.29. The van der Waals surface area contributed by atoms with Crippen LogP contribution in [0.1, 0.15) is 10.6 Å². The Morgan fingerprint density at radius 3 is 3.00 bits per heavy atom. The molecule has 0 saturated heterocycles. The van der Waals surface area contributed by atoms with Crippen molar-refractivity contribution in [2.45, 2.75) is 0 Å². The van der Waals surface area contributed by atoms with Gasteiger partial charge in [0.2, 0.25) is 11.6 Å². The van der Waals surface area contributed by atoms with Crippen LogP contribution in [-0.2, 0) is 0 Å². The highest BCUT2D eigenvalue weighted by atomic mass is 16.2. The first-order valence-corrected chi connectivity index (χ1v) is 5.33. The molecule has 0 atom stereocenters. The quantitative estimate of drug-likeness (QED) is 0.616. The monoisotopic (exact) mass is 256 g/mol. The van der Waals surface area contributed by atoms with Gasteiger partial charge in [-0.25, -0.2) is 4.98 Å². The van der Waals surface area contributed by atoms with Gasteiger partial charge in [-0.3, -0.25) is 9.89 Å². The number of hydrogen-bond donors (Lipinski definition) is 3. The smallest absolute Gasteiger partial charge is 0.292 e. The summed E-state index contributed by atoms with van der Waals surface area (Å²) < 4.78 is 0. The van der Waals surface area contributed by atoms with E-state index in [0.717, 1.165) is 5.56 Å². The minimum Gasteiger partial charge on any atom is -0.319 e. The van der Waals surface area contributed by atoms with Crippen molar-refractivity contribution >= 4 is 11.6 Å². The van der Waals surface area contributed by atoms with Gasteiger partial charge >= 0.3 is 0 Å². The van der Waals surface area contributed by atoms with Crippen LogP contribution < -0.4 is 5.32 Å². The average molecular weight is 256 g/mol. The minimum absolute atomic E-state index is 0.143. The second-order valence-electron chi connectivity index (χ2n) is 3.60. The van der Waals surface area contributed by atoms with Gasteiger partial charge in [-0.15, -0.1) is 10.2 Å². The number of amides is 1. The van der Waals surface area contributed by atoms with Gasteiger partial charge < -0.3 is 5.32 Å². The van der Waals surface area contributed by atoms with Crippen molar-refractivity contribution in [3.63, 3.8) is 0 Å². The van der Waals surface area contributed by atoms with Crippen LogP contribution in [0.3, 0.4) is 0 Å². The van der Waals surface area contributed by atoms with E-state index in [9.17, 15) is 4.79 Å². The van der Waals surface area contributed by atoms with Gasteiger partial charge in [0.25, 0.3) is 5.91 Å². The Balaban J connectivity index is 1.82. The van der Waals surface area contributed by atoms with Crippen LogP contribution >= 0.6 is 0 Å². The third-order valence-corrected chi connectivity index (χ3v) is 2.35. The lowest BCUT2D eigenvalue weighted by Gasteiger charge is -2.03. The molecule has 0 radical (unpaired) electrons.